The number of anilines is 2. The van der Waals surface area contributed by atoms with Crippen molar-refractivity contribution in [2.75, 3.05) is 23.8 Å². The number of carbonyl (C=O) groups is 2. The third-order valence-corrected chi connectivity index (χ3v) is 3.67. The van der Waals surface area contributed by atoms with Crippen LogP contribution in [0.1, 0.15) is 18.1 Å². The Hall–Kier alpha value is -2.86. The van der Waals surface area contributed by atoms with Crippen LogP contribution in [0.25, 0.3) is 0 Å². The monoisotopic (exact) mass is 341 g/mol. The fourth-order valence-electron chi connectivity index (χ4n) is 2.25. The van der Waals surface area contributed by atoms with E-state index in [1.54, 1.807) is 18.2 Å². The first-order chi connectivity index (χ1) is 12.0. The predicted octanol–water partition coefficient (Wildman–Crippen LogP) is 2.47. The van der Waals surface area contributed by atoms with E-state index in [1.165, 1.54) is 5.56 Å². The summed E-state index contributed by atoms with van der Waals surface area (Å²) in [6, 6.07) is 12.9. The van der Waals surface area contributed by atoms with Crippen molar-refractivity contribution < 1.29 is 14.3 Å². The maximum atomic E-state index is 12.0. The highest BCUT2D eigenvalue weighted by Gasteiger charge is 2.08. The summed E-state index contributed by atoms with van der Waals surface area (Å²) in [5.74, 6) is 0.143. The molecule has 0 radical (unpaired) electrons. The molecule has 0 spiro atoms. The van der Waals surface area contributed by atoms with Crippen molar-refractivity contribution in [2.45, 2.75) is 20.3 Å². The molecule has 0 aliphatic heterocycles. The molecule has 0 heterocycles. The maximum Gasteiger partial charge on any atom is 0.262 e. The fraction of sp³-hybridized carbons (Fsp3) is 0.263. The molecule has 0 aliphatic rings. The zero-order valence-corrected chi connectivity index (χ0v) is 14.5. The molecular formula is C19H23N3O3. The van der Waals surface area contributed by atoms with Crippen LogP contribution in [0.4, 0.5) is 11.4 Å². The van der Waals surface area contributed by atoms with E-state index in [0.29, 0.717) is 17.1 Å². The van der Waals surface area contributed by atoms with Crippen LogP contribution in [0.2, 0.25) is 0 Å². The number of benzene rings is 2. The second kappa shape index (κ2) is 8.84. The van der Waals surface area contributed by atoms with Gasteiger partial charge in [-0.1, -0.05) is 19.1 Å². The maximum absolute atomic E-state index is 12.0. The fourth-order valence-corrected chi connectivity index (χ4v) is 2.25. The molecule has 4 N–H and O–H groups in total. The minimum atomic E-state index is -0.265. The zero-order chi connectivity index (χ0) is 18.2. The molecule has 0 bridgehead atoms. The minimum Gasteiger partial charge on any atom is -0.484 e. The third-order valence-electron chi connectivity index (χ3n) is 3.67. The summed E-state index contributed by atoms with van der Waals surface area (Å²) in [7, 11) is 0. The number of aryl methyl sites for hydroxylation is 2. The Morgan fingerprint density at radius 1 is 1.04 bits per heavy atom. The molecule has 0 fully saturated rings. The lowest BCUT2D eigenvalue weighted by Gasteiger charge is -2.12. The Balaban J connectivity index is 1.90. The van der Waals surface area contributed by atoms with Gasteiger partial charge in [0.25, 0.3) is 5.91 Å². The van der Waals surface area contributed by atoms with Gasteiger partial charge in [0.15, 0.2) is 6.61 Å². The van der Waals surface area contributed by atoms with Crippen LogP contribution in [0, 0.1) is 6.92 Å². The minimum absolute atomic E-state index is 0.0728. The first kappa shape index (κ1) is 18.5. The first-order valence-corrected chi connectivity index (χ1v) is 8.14. The highest BCUT2D eigenvalue weighted by Crippen LogP contribution is 2.20. The van der Waals surface area contributed by atoms with Gasteiger partial charge in [-0.05, 0) is 54.8 Å². The average molecular weight is 341 g/mol. The number of rotatable bonds is 7. The van der Waals surface area contributed by atoms with E-state index in [4.69, 9.17) is 10.5 Å². The SMILES string of the molecule is CCc1ccc(OCC(=O)Nc2ccc(NC(=O)CN)cc2C)cc1. The first-order valence-electron chi connectivity index (χ1n) is 8.14. The van der Waals surface area contributed by atoms with Crippen molar-refractivity contribution >= 4 is 23.2 Å². The molecule has 6 nitrogen and oxygen atoms in total. The third kappa shape index (κ3) is 5.61. The summed E-state index contributed by atoms with van der Waals surface area (Å²) in [5.41, 5.74) is 8.62. The van der Waals surface area contributed by atoms with E-state index in [-0.39, 0.29) is 25.0 Å². The van der Waals surface area contributed by atoms with E-state index in [2.05, 4.69) is 17.6 Å². The van der Waals surface area contributed by atoms with E-state index in [9.17, 15) is 9.59 Å². The lowest BCUT2D eigenvalue weighted by molar-refractivity contribution is -0.118. The molecule has 0 aliphatic carbocycles. The van der Waals surface area contributed by atoms with Gasteiger partial charge >= 0.3 is 0 Å². The number of nitrogens with one attached hydrogen (secondary N) is 2. The second-order valence-electron chi connectivity index (χ2n) is 5.62. The molecule has 0 unspecified atom stereocenters. The largest absolute Gasteiger partial charge is 0.484 e. The highest BCUT2D eigenvalue weighted by molar-refractivity contribution is 5.94. The quantitative estimate of drug-likeness (QED) is 0.721. The van der Waals surface area contributed by atoms with Gasteiger partial charge in [-0.3, -0.25) is 9.59 Å². The Morgan fingerprint density at radius 3 is 2.36 bits per heavy atom. The van der Waals surface area contributed by atoms with Gasteiger partial charge in [0.05, 0.1) is 6.54 Å². The van der Waals surface area contributed by atoms with Crippen LogP contribution in [-0.2, 0) is 16.0 Å². The van der Waals surface area contributed by atoms with Crippen molar-refractivity contribution in [3.05, 3.63) is 53.6 Å². The van der Waals surface area contributed by atoms with Gasteiger partial charge in [0.1, 0.15) is 5.75 Å². The summed E-state index contributed by atoms with van der Waals surface area (Å²) in [4.78, 5) is 23.3. The molecule has 0 saturated heterocycles. The molecule has 6 heteroatoms. The molecule has 2 rings (SSSR count). The van der Waals surface area contributed by atoms with Gasteiger partial charge < -0.3 is 21.1 Å². The van der Waals surface area contributed by atoms with E-state index in [1.807, 2.05) is 31.2 Å². The molecule has 2 amide bonds. The van der Waals surface area contributed by atoms with E-state index < -0.39 is 0 Å². The number of amides is 2. The summed E-state index contributed by atoms with van der Waals surface area (Å²) in [6.07, 6.45) is 0.960. The molecular weight excluding hydrogens is 318 g/mol. The Morgan fingerprint density at radius 2 is 1.76 bits per heavy atom. The smallest absolute Gasteiger partial charge is 0.262 e. The topological polar surface area (TPSA) is 93.5 Å². The molecule has 2 aromatic carbocycles. The van der Waals surface area contributed by atoms with Crippen molar-refractivity contribution in [1.29, 1.82) is 0 Å². The van der Waals surface area contributed by atoms with E-state index in [0.717, 1.165) is 12.0 Å². The second-order valence-corrected chi connectivity index (χ2v) is 5.62. The lowest BCUT2D eigenvalue weighted by atomic mass is 10.1. The number of carbonyl (C=O) groups excluding carboxylic acids is 2. The standard InChI is InChI=1S/C19H23N3O3/c1-3-14-4-7-16(8-5-14)25-12-19(24)22-17-9-6-15(10-13(17)2)21-18(23)11-20/h4-10H,3,11-12,20H2,1-2H3,(H,21,23)(H,22,24). The highest BCUT2D eigenvalue weighted by atomic mass is 16.5. The van der Waals surface area contributed by atoms with Crippen LogP contribution in [0.3, 0.4) is 0 Å². The summed E-state index contributed by atoms with van der Waals surface area (Å²) >= 11 is 0. The van der Waals surface area contributed by atoms with Gasteiger partial charge in [-0.25, -0.2) is 0 Å². The van der Waals surface area contributed by atoms with Crippen LogP contribution in [0.5, 0.6) is 5.75 Å². The van der Waals surface area contributed by atoms with E-state index >= 15 is 0 Å². The van der Waals surface area contributed by atoms with Crippen LogP contribution >= 0.6 is 0 Å². The van der Waals surface area contributed by atoms with Gasteiger partial charge in [0.2, 0.25) is 5.91 Å². The van der Waals surface area contributed by atoms with Crippen LogP contribution in [0.15, 0.2) is 42.5 Å². The summed E-state index contributed by atoms with van der Waals surface area (Å²) in [5, 5.41) is 5.46. The average Bonchev–Trinajstić information content (AvgIpc) is 2.62. The van der Waals surface area contributed by atoms with Gasteiger partial charge in [0, 0.05) is 11.4 Å². The molecule has 132 valence electrons. The van der Waals surface area contributed by atoms with Crippen LogP contribution in [-0.4, -0.2) is 25.0 Å². The van der Waals surface area contributed by atoms with Crippen LogP contribution < -0.4 is 21.1 Å². The normalized spacial score (nSPS) is 10.2. The number of ether oxygens (including phenoxy) is 1. The molecule has 2 aromatic rings. The summed E-state index contributed by atoms with van der Waals surface area (Å²) in [6.45, 7) is 3.78. The van der Waals surface area contributed by atoms with Crippen molar-refractivity contribution in [2.24, 2.45) is 5.73 Å². The van der Waals surface area contributed by atoms with Crippen molar-refractivity contribution in [3.63, 3.8) is 0 Å². The predicted molar refractivity (Wildman–Crippen MR) is 98.8 cm³/mol. The molecule has 0 aromatic heterocycles. The Kier molecular flexibility index (Phi) is 6.54. The van der Waals surface area contributed by atoms with Crippen molar-refractivity contribution in [1.82, 2.24) is 0 Å². The number of nitrogens with two attached hydrogens (primary N) is 1. The van der Waals surface area contributed by atoms with Gasteiger partial charge in [-0.15, -0.1) is 0 Å². The van der Waals surface area contributed by atoms with Gasteiger partial charge in [-0.2, -0.15) is 0 Å². The summed E-state index contributed by atoms with van der Waals surface area (Å²) < 4.78 is 5.49. The molecule has 0 atom stereocenters. The zero-order valence-electron chi connectivity index (χ0n) is 14.5. The number of hydrogen-bond acceptors (Lipinski definition) is 4. The molecule has 0 saturated carbocycles. The Bertz CT molecular complexity index is 742. The Labute approximate surface area is 147 Å². The lowest BCUT2D eigenvalue weighted by Crippen LogP contribution is -2.22. The molecule has 25 heavy (non-hydrogen) atoms. The van der Waals surface area contributed by atoms with Crippen molar-refractivity contribution in [3.8, 4) is 5.75 Å². The number of hydrogen-bond donors (Lipinski definition) is 3.